The molecule has 0 spiro atoms. The smallest absolute Gasteiger partial charge is 0.345 e. The summed E-state index contributed by atoms with van der Waals surface area (Å²) in [6.07, 6.45) is 0. The lowest BCUT2D eigenvalue weighted by molar-refractivity contribution is 0.0732. The molecule has 0 aliphatic carbocycles. The highest BCUT2D eigenvalue weighted by molar-refractivity contribution is 14.1. The molecule has 0 N–H and O–H groups in total. The van der Waals surface area contributed by atoms with Crippen molar-refractivity contribution in [3.63, 3.8) is 0 Å². The van der Waals surface area contributed by atoms with Gasteiger partial charge in [0.2, 0.25) is 0 Å². The van der Waals surface area contributed by atoms with Crippen molar-refractivity contribution < 1.29 is 13.7 Å². The molecule has 0 aromatic heterocycles. The molecule has 0 radical (unpaired) electrons. The Kier molecular flexibility index (Phi) is 7.17. The van der Waals surface area contributed by atoms with E-state index in [1.54, 1.807) is 0 Å². The third-order valence-corrected chi connectivity index (χ3v) is 13.1. The van der Waals surface area contributed by atoms with Gasteiger partial charge in [0.05, 0.1) is 26.2 Å². The summed E-state index contributed by atoms with van der Waals surface area (Å²) in [5, 5.41) is 0. The molecule has 164 valence electrons. The SMILES string of the molecule is O=C(Oc1ccc([S+]2c3ccccc3S(=O)c3ccccc32)cc1)c1c(I)ccc(I)c1I. The predicted molar refractivity (Wildman–Crippen MR) is 156 cm³/mol. The molecule has 4 aromatic rings. The topological polar surface area (TPSA) is 43.4 Å². The average Bonchev–Trinajstić information content (AvgIpc) is 2.83. The second-order valence-electron chi connectivity index (χ2n) is 7.05. The van der Waals surface area contributed by atoms with Crippen LogP contribution in [0.15, 0.2) is 109 Å². The minimum atomic E-state index is -1.19. The molecule has 5 rings (SSSR count). The molecule has 1 heterocycles. The molecular weight excluding hydrogens is 793 g/mol. The van der Waals surface area contributed by atoms with Crippen LogP contribution in [0.1, 0.15) is 10.4 Å². The third-order valence-electron chi connectivity index (χ3n) is 5.06. The van der Waals surface area contributed by atoms with E-state index in [-0.39, 0.29) is 16.9 Å². The normalized spacial score (nSPS) is 16.6. The zero-order chi connectivity index (χ0) is 23.1. The minimum absolute atomic E-state index is 0.360. The number of hydrogen-bond donors (Lipinski definition) is 0. The van der Waals surface area contributed by atoms with Crippen LogP contribution in [0, 0.1) is 10.7 Å². The van der Waals surface area contributed by atoms with Crippen LogP contribution >= 0.6 is 67.8 Å². The lowest BCUT2D eigenvalue weighted by Crippen LogP contribution is -2.17. The maximum absolute atomic E-state index is 13.1. The Morgan fingerprint density at radius 2 is 1.27 bits per heavy atom. The first-order valence-corrected chi connectivity index (χ1v) is 15.4. The first-order valence-electron chi connectivity index (χ1n) is 9.75. The molecular formula is C25H14I3O3S2+. The monoisotopic (exact) mass is 807 g/mol. The van der Waals surface area contributed by atoms with Crippen molar-refractivity contribution in [1.29, 1.82) is 0 Å². The molecule has 0 bridgehead atoms. The summed E-state index contributed by atoms with van der Waals surface area (Å²) < 4.78 is 21.6. The number of rotatable bonds is 3. The van der Waals surface area contributed by atoms with Crippen LogP contribution in [-0.4, -0.2) is 10.2 Å². The first kappa shape index (κ1) is 23.8. The van der Waals surface area contributed by atoms with E-state index in [9.17, 15) is 9.00 Å². The van der Waals surface area contributed by atoms with Crippen molar-refractivity contribution in [3.05, 3.63) is 101 Å². The number of fused-ring (bicyclic) bond motifs is 2. The maximum Gasteiger partial charge on any atom is 0.345 e. The van der Waals surface area contributed by atoms with Crippen LogP contribution < -0.4 is 4.74 Å². The number of carbonyl (C=O) groups excluding carboxylic acids is 1. The standard InChI is InChI=1S/C25H14I3O3S2/c26-17-13-14-18(27)24(28)23(17)25(29)31-15-9-11-16(12-10-15)32-19-5-1-3-7-21(19)33(30)22-8-4-2-6-20(22)32/h1-14H/q+1. The second kappa shape index (κ2) is 9.96. The number of hydrogen-bond acceptors (Lipinski definition) is 3. The van der Waals surface area contributed by atoms with Gasteiger partial charge in [-0.1, -0.05) is 24.3 Å². The second-order valence-corrected chi connectivity index (χ2v) is 13.8. The van der Waals surface area contributed by atoms with Crippen molar-refractivity contribution >= 4 is 95.4 Å². The number of esters is 1. The number of halogens is 3. The summed E-state index contributed by atoms with van der Waals surface area (Å²) in [4.78, 5) is 17.8. The zero-order valence-corrected chi connectivity index (χ0v) is 24.9. The van der Waals surface area contributed by atoms with Crippen LogP contribution in [0.25, 0.3) is 0 Å². The van der Waals surface area contributed by atoms with Gasteiger partial charge >= 0.3 is 5.97 Å². The molecule has 0 unspecified atom stereocenters. The zero-order valence-electron chi connectivity index (χ0n) is 16.8. The molecule has 0 saturated heterocycles. The van der Waals surface area contributed by atoms with E-state index in [0.29, 0.717) is 11.3 Å². The Bertz CT molecular complexity index is 1370. The fourth-order valence-corrected chi connectivity index (χ4v) is 10.1. The van der Waals surface area contributed by atoms with Crippen LogP contribution in [0.2, 0.25) is 0 Å². The van der Waals surface area contributed by atoms with E-state index in [2.05, 4.69) is 79.9 Å². The van der Waals surface area contributed by atoms with Gasteiger partial charge in [-0.15, -0.1) is 0 Å². The summed E-state index contributed by atoms with van der Waals surface area (Å²) in [5.74, 6) is 0.140. The molecule has 1 aliphatic heterocycles. The predicted octanol–water partition coefficient (Wildman–Crippen LogP) is 7.30. The number of benzene rings is 4. The third kappa shape index (κ3) is 4.53. The molecule has 3 nitrogen and oxygen atoms in total. The van der Waals surface area contributed by atoms with Gasteiger partial charge in [0.15, 0.2) is 14.7 Å². The summed E-state index contributed by atoms with van der Waals surface area (Å²) in [6, 6.07) is 27.4. The average molecular weight is 807 g/mol. The minimum Gasteiger partial charge on any atom is -0.423 e. The van der Waals surface area contributed by atoms with Crippen molar-refractivity contribution in [1.82, 2.24) is 0 Å². The lowest BCUT2D eigenvalue weighted by Gasteiger charge is -2.18. The Balaban J connectivity index is 1.49. The van der Waals surface area contributed by atoms with Gasteiger partial charge in [-0.2, -0.15) is 0 Å². The number of ether oxygens (including phenoxy) is 1. The van der Waals surface area contributed by atoms with Crippen LogP contribution in [0.5, 0.6) is 5.75 Å². The quantitative estimate of drug-likeness (QED) is 0.0633. The summed E-state index contributed by atoms with van der Waals surface area (Å²) >= 11 is 6.58. The molecule has 0 fully saturated rings. The highest BCUT2D eigenvalue weighted by Crippen LogP contribution is 2.43. The van der Waals surface area contributed by atoms with E-state index < -0.39 is 10.8 Å². The van der Waals surface area contributed by atoms with E-state index >= 15 is 0 Å². The highest BCUT2D eigenvalue weighted by atomic mass is 127. The molecule has 33 heavy (non-hydrogen) atoms. The van der Waals surface area contributed by atoms with E-state index in [4.69, 9.17) is 4.74 Å². The van der Waals surface area contributed by atoms with Gasteiger partial charge in [0.1, 0.15) is 16.6 Å². The maximum atomic E-state index is 13.1. The van der Waals surface area contributed by atoms with Crippen LogP contribution in [0.4, 0.5) is 0 Å². The Morgan fingerprint density at radius 1 is 0.727 bits per heavy atom. The van der Waals surface area contributed by atoms with E-state index in [0.717, 1.165) is 35.2 Å². The van der Waals surface area contributed by atoms with Crippen LogP contribution in [0.3, 0.4) is 0 Å². The molecule has 0 saturated carbocycles. The summed E-state index contributed by atoms with van der Waals surface area (Å²) in [5.41, 5.74) is 0.590. The van der Waals surface area contributed by atoms with Crippen molar-refractivity contribution in [3.8, 4) is 5.75 Å². The molecule has 1 aliphatic rings. The molecule has 8 heteroatoms. The summed E-state index contributed by atoms with van der Waals surface area (Å²) in [7, 11) is -1.57. The van der Waals surface area contributed by atoms with Gasteiger partial charge in [0, 0.05) is 10.7 Å². The Morgan fingerprint density at radius 3 is 1.88 bits per heavy atom. The lowest BCUT2D eigenvalue weighted by atomic mass is 10.2. The number of carbonyl (C=O) groups is 1. The van der Waals surface area contributed by atoms with Crippen molar-refractivity contribution in [2.75, 3.05) is 0 Å². The molecule has 4 aromatic carbocycles. The fourth-order valence-electron chi connectivity index (χ4n) is 3.55. The van der Waals surface area contributed by atoms with Gasteiger partial charge < -0.3 is 4.74 Å². The van der Waals surface area contributed by atoms with Crippen LogP contribution in [-0.2, 0) is 21.7 Å². The van der Waals surface area contributed by atoms with Crippen molar-refractivity contribution in [2.45, 2.75) is 24.5 Å². The van der Waals surface area contributed by atoms with Gasteiger partial charge in [0.25, 0.3) is 0 Å². The Labute approximate surface area is 237 Å². The van der Waals surface area contributed by atoms with Crippen molar-refractivity contribution in [2.24, 2.45) is 0 Å². The largest absolute Gasteiger partial charge is 0.423 e. The van der Waals surface area contributed by atoms with Gasteiger partial charge in [-0.05, 0) is 128 Å². The van der Waals surface area contributed by atoms with E-state index in [1.807, 2.05) is 72.8 Å². The van der Waals surface area contributed by atoms with Gasteiger partial charge in [-0.3, -0.25) is 0 Å². The van der Waals surface area contributed by atoms with Gasteiger partial charge in [-0.25, -0.2) is 9.00 Å². The van der Waals surface area contributed by atoms with E-state index in [1.165, 1.54) is 0 Å². The fraction of sp³-hybridized carbons (Fsp3) is 0. The highest BCUT2D eigenvalue weighted by Gasteiger charge is 2.40. The first-order chi connectivity index (χ1) is 16.0. The summed E-state index contributed by atoms with van der Waals surface area (Å²) in [6.45, 7) is 0. The molecule has 0 amide bonds. The Hall–Kier alpha value is -0.960. The molecule has 0 atom stereocenters.